The van der Waals surface area contributed by atoms with E-state index >= 15 is 0 Å². The summed E-state index contributed by atoms with van der Waals surface area (Å²) in [4.78, 5) is 2.32. The fourth-order valence-corrected chi connectivity index (χ4v) is 2.59. The highest BCUT2D eigenvalue weighted by Gasteiger charge is 2.15. The lowest BCUT2D eigenvalue weighted by atomic mass is 10.1. The van der Waals surface area contributed by atoms with Crippen LogP contribution in [0.2, 0.25) is 0 Å². The van der Waals surface area contributed by atoms with Gasteiger partial charge in [0.25, 0.3) is 0 Å². The number of hydrogen-bond acceptors (Lipinski definition) is 3. The number of hydrogen-bond donors (Lipinski definition) is 0. The average Bonchev–Trinajstić information content (AvgIpc) is 2.52. The second kappa shape index (κ2) is 8.01. The largest absolute Gasteiger partial charge is 0.366 e. The second-order valence-corrected chi connectivity index (χ2v) is 4.88. The van der Waals surface area contributed by atoms with E-state index in [0.29, 0.717) is 13.2 Å². The molecule has 3 nitrogen and oxygen atoms in total. The number of rotatable bonds is 8. The van der Waals surface area contributed by atoms with Crippen LogP contribution in [0.5, 0.6) is 0 Å². The van der Waals surface area contributed by atoms with E-state index in [4.69, 9.17) is 9.47 Å². The maximum absolute atomic E-state index is 5.68. The molecule has 3 heteroatoms. The highest BCUT2D eigenvalue weighted by atomic mass is 16.7. The molecule has 0 N–H and O–H groups in total. The van der Waals surface area contributed by atoms with Crippen molar-refractivity contribution in [3.8, 4) is 0 Å². The predicted octanol–water partition coefficient (Wildman–Crippen LogP) is 4.07. The van der Waals surface area contributed by atoms with Crippen molar-refractivity contribution < 1.29 is 9.47 Å². The minimum Gasteiger partial charge on any atom is -0.366 e. The summed E-state index contributed by atoms with van der Waals surface area (Å²) < 4.78 is 11.4. The van der Waals surface area contributed by atoms with Crippen LogP contribution < -0.4 is 4.90 Å². The van der Waals surface area contributed by atoms with Crippen molar-refractivity contribution in [3.63, 3.8) is 0 Å². The molecule has 0 spiro atoms. The van der Waals surface area contributed by atoms with Gasteiger partial charge in [-0.05, 0) is 32.2 Å². The minimum absolute atomic E-state index is 0.182. The Balaban J connectivity index is 2.26. The molecule has 0 aromatic heterocycles. The van der Waals surface area contributed by atoms with Gasteiger partial charge in [-0.15, -0.1) is 0 Å². The normalized spacial score (nSPS) is 11.2. The molecule has 21 heavy (non-hydrogen) atoms. The Morgan fingerprint density at radius 3 is 2.24 bits per heavy atom. The summed E-state index contributed by atoms with van der Waals surface area (Å²) in [6.45, 7) is 9.16. The van der Waals surface area contributed by atoms with Gasteiger partial charge in [-0.3, -0.25) is 0 Å². The van der Waals surface area contributed by atoms with Crippen molar-refractivity contribution in [1.82, 2.24) is 0 Å². The summed E-state index contributed by atoms with van der Waals surface area (Å²) in [7, 11) is 0. The molecule has 0 saturated carbocycles. The van der Waals surface area contributed by atoms with Gasteiger partial charge in [-0.25, -0.2) is 0 Å². The van der Waals surface area contributed by atoms with Gasteiger partial charge in [0.15, 0.2) is 6.29 Å². The van der Waals surface area contributed by atoms with Crippen molar-refractivity contribution in [2.75, 3.05) is 31.2 Å². The van der Waals surface area contributed by atoms with Crippen molar-refractivity contribution >= 4 is 16.5 Å². The highest BCUT2D eigenvalue weighted by Crippen LogP contribution is 2.27. The van der Waals surface area contributed by atoms with Crippen molar-refractivity contribution in [3.05, 3.63) is 42.5 Å². The third-order valence-corrected chi connectivity index (χ3v) is 3.56. The maximum atomic E-state index is 5.68. The van der Waals surface area contributed by atoms with Gasteiger partial charge in [0.05, 0.1) is 6.54 Å². The Hall–Kier alpha value is -1.58. The molecule has 0 aliphatic heterocycles. The Morgan fingerprint density at radius 2 is 1.57 bits per heavy atom. The number of likely N-dealkylation sites (N-methyl/N-ethyl adjacent to an activating group) is 1. The first-order valence-corrected chi connectivity index (χ1v) is 7.76. The van der Waals surface area contributed by atoms with E-state index in [0.717, 1.165) is 13.1 Å². The molecular formula is C18H25NO2. The fraction of sp³-hybridized carbons (Fsp3) is 0.444. The molecule has 0 amide bonds. The molecular weight excluding hydrogens is 262 g/mol. The first-order chi connectivity index (χ1) is 10.3. The van der Waals surface area contributed by atoms with Gasteiger partial charge in [-0.1, -0.05) is 36.4 Å². The minimum atomic E-state index is -0.182. The lowest BCUT2D eigenvalue weighted by Crippen LogP contribution is -2.35. The molecule has 0 radical (unpaired) electrons. The van der Waals surface area contributed by atoms with Gasteiger partial charge >= 0.3 is 0 Å². The van der Waals surface area contributed by atoms with Gasteiger partial charge < -0.3 is 14.4 Å². The lowest BCUT2D eigenvalue weighted by Gasteiger charge is -2.29. The van der Waals surface area contributed by atoms with E-state index in [-0.39, 0.29) is 6.29 Å². The van der Waals surface area contributed by atoms with Gasteiger partial charge in [0.1, 0.15) is 0 Å². The van der Waals surface area contributed by atoms with E-state index in [1.54, 1.807) is 0 Å². The van der Waals surface area contributed by atoms with Crippen LogP contribution in [0.3, 0.4) is 0 Å². The molecule has 2 rings (SSSR count). The summed E-state index contributed by atoms with van der Waals surface area (Å²) in [6, 6.07) is 14.9. The predicted molar refractivity (Wildman–Crippen MR) is 88.9 cm³/mol. The van der Waals surface area contributed by atoms with Crippen LogP contribution in [-0.2, 0) is 9.47 Å². The summed E-state index contributed by atoms with van der Waals surface area (Å²) in [5.41, 5.74) is 1.24. The molecule has 0 unspecified atom stereocenters. The van der Waals surface area contributed by atoms with Crippen LogP contribution in [0.15, 0.2) is 42.5 Å². The first-order valence-electron chi connectivity index (χ1n) is 7.76. The van der Waals surface area contributed by atoms with Gasteiger partial charge in [-0.2, -0.15) is 0 Å². The van der Waals surface area contributed by atoms with Crippen LogP contribution in [0.1, 0.15) is 20.8 Å². The zero-order valence-corrected chi connectivity index (χ0v) is 13.2. The standard InChI is InChI=1S/C18H25NO2/c1-4-19(14-18(20-5-2)21-6-3)17-13-9-11-15-10-7-8-12-16(15)17/h7-13,18H,4-6,14H2,1-3H3. The van der Waals surface area contributed by atoms with Crippen LogP contribution in [0.25, 0.3) is 10.8 Å². The summed E-state index contributed by atoms with van der Waals surface area (Å²) in [5, 5.41) is 2.53. The average molecular weight is 287 g/mol. The van der Waals surface area contributed by atoms with Gasteiger partial charge in [0.2, 0.25) is 0 Å². The Bertz CT molecular complexity index is 544. The number of nitrogens with zero attached hydrogens (tertiary/aromatic N) is 1. The fourth-order valence-electron chi connectivity index (χ4n) is 2.59. The monoisotopic (exact) mass is 287 g/mol. The van der Waals surface area contributed by atoms with E-state index in [9.17, 15) is 0 Å². The smallest absolute Gasteiger partial charge is 0.174 e. The topological polar surface area (TPSA) is 21.7 Å². The second-order valence-electron chi connectivity index (χ2n) is 4.88. The molecule has 0 fully saturated rings. The molecule has 0 saturated heterocycles. The number of ether oxygens (including phenoxy) is 2. The molecule has 0 heterocycles. The maximum Gasteiger partial charge on any atom is 0.174 e. The Kier molecular flexibility index (Phi) is 6.03. The third-order valence-electron chi connectivity index (χ3n) is 3.56. The number of fused-ring (bicyclic) bond motifs is 1. The van der Waals surface area contributed by atoms with Crippen molar-refractivity contribution in [1.29, 1.82) is 0 Å². The molecule has 114 valence electrons. The van der Waals surface area contributed by atoms with Crippen LogP contribution in [0.4, 0.5) is 5.69 Å². The van der Waals surface area contributed by atoms with E-state index in [1.807, 2.05) is 13.8 Å². The van der Waals surface area contributed by atoms with E-state index in [1.165, 1.54) is 16.5 Å². The SMILES string of the molecule is CCOC(CN(CC)c1cccc2ccccc12)OCC. The van der Waals surface area contributed by atoms with E-state index < -0.39 is 0 Å². The van der Waals surface area contributed by atoms with Gasteiger partial charge in [0, 0.05) is 30.8 Å². The van der Waals surface area contributed by atoms with Crippen molar-refractivity contribution in [2.24, 2.45) is 0 Å². The number of benzene rings is 2. The summed E-state index contributed by atoms with van der Waals surface area (Å²) >= 11 is 0. The summed E-state index contributed by atoms with van der Waals surface area (Å²) in [5.74, 6) is 0. The molecule has 2 aromatic rings. The Morgan fingerprint density at radius 1 is 0.905 bits per heavy atom. The van der Waals surface area contributed by atoms with Crippen molar-refractivity contribution in [2.45, 2.75) is 27.1 Å². The molecule has 2 aromatic carbocycles. The number of anilines is 1. The molecule has 0 aliphatic carbocycles. The highest BCUT2D eigenvalue weighted by molar-refractivity contribution is 5.94. The first kappa shape index (κ1) is 15.8. The van der Waals surface area contributed by atoms with E-state index in [2.05, 4.69) is 54.3 Å². The Labute approximate surface area is 127 Å². The zero-order valence-electron chi connectivity index (χ0n) is 13.2. The summed E-state index contributed by atoms with van der Waals surface area (Å²) in [6.07, 6.45) is -0.182. The van der Waals surface area contributed by atoms with Crippen LogP contribution in [-0.4, -0.2) is 32.6 Å². The lowest BCUT2D eigenvalue weighted by molar-refractivity contribution is -0.129. The third kappa shape index (κ3) is 3.96. The van der Waals surface area contributed by atoms with Crippen LogP contribution in [0, 0.1) is 0 Å². The zero-order chi connectivity index (χ0) is 15.1. The molecule has 0 aliphatic rings. The molecule has 0 bridgehead atoms. The molecule has 0 atom stereocenters. The quantitative estimate of drug-likeness (QED) is 0.683. The van der Waals surface area contributed by atoms with Crippen LogP contribution >= 0.6 is 0 Å².